The van der Waals surface area contributed by atoms with Gasteiger partial charge in [0, 0.05) is 12.6 Å². The van der Waals surface area contributed by atoms with Crippen LogP contribution in [0, 0.1) is 0 Å². The Kier molecular flexibility index (Phi) is 6.11. The smallest absolute Gasteiger partial charge is 0.269 e. The van der Waals surface area contributed by atoms with E-state index < -0.39 is 10.0 Å². The molecule has 0 saturated carbocycles. The third-order valence-electron chi connectivity index (χ3n) is 3.40. The van der Waals surface area contributed by atoms with E-state index in [4.69, 9.17) is 5.14 Å². The van der Waals surface area contributed by atoms with E-state index in [2.05, 4.69) is 15.6 Å². The SMILES string of the molecule is CC(C)Nc1ccc(C(=O)NCCc2ccc(S(N)(=O)=O)cc2)nc1. The van der Waals surface area contributed by atoms with Crippen LogP contribution in [0.3, 0.4) is 0 Å². The maximum atomic E-state index is 12.1. The number of rotatable bonds is 7. The Hall–Kier alpha value is -2.45. The van der Waals surface area contributed by atoms with Gasteiger partial charge in [0.2, 0.25) is 10.0 Å². The summed E-state index contributed by atoms with van der Waals surface area (Å²) in [4.78, 5) is 16.3. The number of carbonyl (C=O) groups is 1. The maximum Gasteiger partial charge on any atom is 0.269 e. The van der Waals surface area contributed by atoms with Crippen molar-refractivity contribution in [1.82, 2.24) is 10.3 Å². The molecule has 2 rings (SSSR count). The maximum absolute atomic E-state index is 12.1. The second-order valence-corrected chi connectivity index (χ2v) is 7.49. The van der Waals surface area contributed by atoms with Crippen LogP contribution >= 0.6 is 0 Å². The Morgan fingerprint density at radius 2 is 1.84 bits per heavy atom. The first-order chi connectivity index (χ1) is 11.8. The highest BCUT2D eigenvalue weighted by atomic mass is 32.2. The van der Waals surface area contributed by atoms with Crippen LogP contribution in [0.1, 0.15) is 29.9 Å². The van der Waals surface area contributed by atoms with Gasteiger partial charge in [-0.1, -0.05) is 12.1 Å². The largest absolute Gasteiger partial charge is 0.382 e. The molecule has 0 atom stereocenters. The fraction of sp³-hybridized carbons (Fsp3) is 0.294. The van der Waals surface area contributed by atoms with Gasteiger partial charge in [-0.05, 0) is 50.1 Å². The van der Waals surface area contributed by atoms with E-state index in [1.165, 1.54) is 12.1 Å². The summed E-state index contributed by atoms with van der Waals surface area (Å²) in [6.45, 7) is 4.47. The Balaban J connectivity index is 1.86. The zero-order chi connectivity index (χ0) is 18.4. The molecule has 0 fully saturated rings. The number of carbonyl (C=O) groups excluding carboxylic acids is 1. The fourth-order valence-electron chi connectivity index (χ4n) is 2.20. The van der Waals surface area contributed by atoms with Crippen molar-refractivity contribution in [2.45, 2.75) is 31.2 Å². The highest BCUT2D eigenvalue weighted by molar-refractivity contribution is 7.89. The average Bonchev–Trinajstić information content (AvgIpc) is 2.54. The molecule has 2 aromatic rings. The number of sulfonamides is 1. The third kappa shape index (κ3) is 5.84. The first kappa shape index (κ1) is 18.9. The van der Waals surface area contributed by atoms with Gasteiger partial charge >= 0.3 is 0 Å². The quantitative estimate of drug-likeness (QED) is 0.691. The van der Waals surface area contributed by atoms with Gasteiger partial charge in [0.05, 0.1) is 16.8 Å². The molecule has 1 aromatic heterocycles. The molecule has 1 heterocycles. The molecule has 0 aliphatic carbocycles. The minimum atomic E-state index is -3.68. The van der Waals surface area contributed by atoms with Crippen LogP contribution in [0.2, 0.25) is 0 Å². The molecule has 1 amide bonds. The number of nitrogens with zero attached hydrogens (tertiary/aromatic N) is 1. The predicted octanol–water partition coefficient (Wildman–Crippen LogP) is 1.52. The normalized spacial score (nSPS) is 11.4. The van der Waals surface area contributed by atoms with E-state index in [0.717, 1.165) is 11.3 Å². The number of benzene rings is 1. The van der Waals surface area contributed by atoms with Crippen molar-refractivity contribution in [1.29, 1.82) is 0 Å². The van der Waals surface area contributed by atoms with E-state index in [1.54, 1.807) is 24.4 Å². The van der Waals surface area contributed by atoms with Gasteiger partial charge < -0.3 is 10.6 Å². The first-order valence-electron chi connectivity index (χ1n) is 7.88. The molecule has 0 bridgehead atoms. The summed E-state index contributed by atoms with van der Waals surface area (Å²) in [5.41, 5.74) is 2.11. The molecular formula is C17H22N4O3S. The fourth-order valence-corrected chi connectivity index (χ4v) is 2.72. The minimum Gasteiger partial charge on any atom is -0.382 e. The van der Waals surface area contributed by atoms with Crippen LogP contribution < -0.4 is 15.8 Å². The van der Waals surface area contributed by atoms with Gasteiger partial charge in [0.1, 0.15) is 5.69 Å². The molecule has 0 aliphatic heterocycles. The van der Waals surface area contributed by atoms with Gasteiger partial charge in [-0.2, -0.15) is 0 Å². The van der Waals surface area contributed by atoms with Crippen LogP contribution in [0.25, 0.3) is 0 Å². The van der Waals surface area contributed by atoms with Crippen molar-refractivity contribution >= 4 is 21.6 Å². The van der Waals surface area contributed by atoms with E-state index in [-0.39, 0.29) is 10.8 Å². The van der Waals surface area contributed by atoms with Gasteiger partial charge in [-0.3, -0.25) is 4.79 Å². The number of primary sulfonamides is 1. The average molecular weight is 362 g/mol. The van der Waals surface area contributed by atoms with Gasteiger partial charge in [0.15, 0.2) is 0 Å². The van der Waals surface area contributed by atoms with Crippen LogP contribution in [0.4, 0.5) is 5.69 Å². The Morgan fingerprint density at radius 3 is 2.36 bits per heavy atom. The summed E-state index contributed by atoms with van der Waals surface area (Å²) in [6, 6.07) is 10.0. The molecule has 8 heteroatoms. The van der Waals surface area contributed by atoms with Crippen molar-refractivity contribution in [2.24, 2.45) is 5.14 Å². The van der Waals surface area contributed by atoms with Crippen LogP contribution in [0.5, 0.6) is 0 Å². The summed E-state index contributed by atoms with van der Waals surface area (Å²) in [7, 11) is -3.68. The number of amides is 1. The highest BCUT2D eigenvalue weighted by Crippen LogP contribution is 2.10. The van der Waals surface area contributed by atoms with Crippen molar-refractivity contribution < 1.29 is 13.2 Å². The van der Waals surface area contributed by atoms with E-state index in [9.17, 15) is 13.2 Å². The van der Waals surface area contributed by atoms with Gasteiger partial charge in [0.25, 0.3) is 5.91 Å². The Bertz CT molecular complexity index is 816. The summed E-state index contributed by atoms with van der Waals surface area (Å²) in [6.07, 6.45) is 2.20. The number of nitrogens with two attached hydrogens (primary N) is 1. The second-order valence-electron chi connectivity index (χ2n) is 5.93. The van der Waals surface area contributed by atoms with Crippen molar-refractivity contribution in [3.05, 3.63) is 53.9 Å². The summed E-state index contributed by atoms with van der Waals surface area (Å²) in [5, 5.41) is 11.0. The van der Waals surface area contributed by atoms with Crippen molar-refractivity contribution in [3.63, 3.8) is 0 Å². The number of hydrogen-bond acceptors (Lipinski definition) is 5. The lowest BCUT2D eigenvalue weighted by atomic mass is 10.1. The summed E-state index contributed by atoms with van der Waals surface area (Å²) in [5.74, 6) is -0.253. The molecule has 25 heavy (non-hydrogen) atoms. The molecule has 1 aromatic carbocycles. The molecule has 4 N–H and O–H groups in total. The number of aromatic nitrogens is 1. The molecule has 0 unspecified atom stereocenters. The van der Waals surface area contributed by atoms with E-state index >= 15 is 0 Å². The second kappa shape index (κ2) is 8.09. The molecule has 0 radical (unpaired) electrons. The van der Waals surface area contributed by atoms with Gasteiger partial charge in [-0.25, -0.2) is 18.5 Å². The standard InChI is InChI=1S/C17H22N4O3S/c1-12(2)21-14-5-8-16(20-11-14)17(22)19-10-9-13-3-6-15(7-4-13)25(18,23)24/h3-8,11-12,21H,9-10H2,1-2H3,(H,19,22)(H2,18,23,24). The molecule has 0 spiro atoms. The number of anilines is 1. The molecule has 134 valence electrons. The Morgan fingerprint density at radius 1 is 1.16 bits per heavy atom. The van der Waals surface area contributed by atoms with Crippen LogP contribution in [0.15, 0.2) is 47.5 Å². The number of hydrogen-bond donors (Lipinski definition) is 3. The molecule has 7 nitrogen and oxygen atoms in total. The summed E-state index contributed by atoms with van der Waals surface area (Å²) >= 11 is 0. The molecule has 0 saturated heterocycles. The third-order valence-corrected chi connectivity index (χ3v) is 4.33. The molecular weight excluding hydrogens is 340 g/mol. The zero-order valence-corrected chi connectivity index (χ0v) is 15.0. The lowest BCUT2D eigenvalue weighted by molar-refractivity contribution is 0.0949. The molecule has 0 aliphatic rings. The van der Waals surface area contributed by atoms with Crippen molar-refractivity contribution in [3.8, 4) is 0 Å². The van der Waals surface area contributed by atoms with Crippen molar-refractivity contribution in [2.75, 3.05) is 11.9 Å². The summed E-state index contributed by atoms with van der Waals surface area (Å²) < 4.78 is 22.4. The minimum absolute atomic E-state index is 0.0691. The highest BCUT2D eigenvalue weighted by Gasteiger charge is 2.08. The van der Waals surface area contributed by atoms with Gasteiger partial charge in [-0.15, -0.1) is 0 Å². The van der Waals surface area contributed by atoms with Crippen LogP contribution in [-0.4, -0.2) is 31.9 Å². The van der Waals surface area contributed by atoms with Crippen LogP contribution in [-0.2, 0) is 16.4 Å². The lowest BCUT2D eigenvalue weighted by Gasteiger charge is -2.10. The monoisotopic (exact) mass is 362 g/mol. The topological polar surface area (TPSA) is 114 Å². The lowest BCUT2D eigenvalue weighted by Crippen LogP contribution is -2.26. The number of pyridine rings is 1. The van der Waals surface area contributed by atoms with E-state index in [0.29, 0.717) is 24.7 Å². The first-order valence-corrected chi connectivity index (χ1v) is 9.43. The van der Waals surface area contributed by atoms with E-state index in [1.807, 2.05) is 19.9 Å². The predicted molar refractivity (Wildman–Crippen MR) is 96.8 cm³/mol. The zero-order valence-electron chi connectivity index (χ0n) is 14.2. The number of nitrogens with one attached hydrogen (secondary N) is 2. The Labute approximate surface area is 147 Å².